The van der Waals surface area contributed by atoms with E-state index in [1.54, 1.807) is 11.6 Å². The maximum absolute atomic E-state index is 12.6. The molecule has 0 saturated heterocycles. The van der Waals surface area contributed by atoms with Crippen LogP contribution in [-0.4, -0.2) is 54.4 Å². The summed E-state index contributed by atoms with van der Waals surface area (Å²) in [6.45, 7) is 1.84. The summed E-state index contributed by atoms with van der Waals surface area (Å²) in [4.78, 5) is 12.9. The molecule has 0 radical (unpaired) electrons. The third-order valence-electron chi connectivity index (χ3n) is 7.00. The molecule has 13 heteroatoms. The van der Waals surface area contributed by atoms with E-state index < -0.39 is 22.2 Å². The Morgan fingerprint density at radius 3 is 2.46 bits per heavy atom. The summed E-state index contributed by atoms with van der Waals surface area (Å²) >= 11 is 0. The summed E-state index contributed by atoms with van der Waals surface area (Å²) in [5.41, 5.74) is 3.32. The minimum Gasteiger partial charge on any atom is -0.492 e. The Bertz CT molecular complexity index is 1430. The van der Waals surface area contributed by atoms with Crippen molar-refractivity contribution in [3.8, 4) is 5.75 Å². The molecule has 1 fully saturated rings. The average molecular weight is 595 g/mol. The van der Waals surface area contributed by atoms with Gasteiger partial charge < -0.3 is 19.7 Å². The van der Waals surface area contributed by atoms with Gasteiger partial charge in [-0.3, -0.25) is 0 Å². The zero-order chi connectivity index (χ0) is 29.6. The van der Waals surface area contributed by atoms with Crippen molar-refractivity contribution in [2.45, 2.75) is 55.4 Å². The molecule has 2 aliphatic rings. The second kappa shape index (κ2) is 13.0. The predicted octanol–water partition coefficient (Wildman–Crippen LogP) is 4.01. The predicted molar refractivity (Wildman–Crippen MR) is 145 cm³/mol. The number of halogens is 3. The van der Waals surface area contributed by atoms with Crippen molar-refractivity contribution in [1.82, 2.24) is 19.6 Å². The number of nitrogens with one attached hydrogen (secondary N) is 2. The highest BCUT2D eigenvalue weighted by atomic mass is 32.2. The first-order valence-corrected chi connectivity index (χ1v) is 14.7. The van der Waals surface area contributed by atoms with Crippen LogP contribution in [0, 0.1) is 5.92 Å². The van der Waals surface area contributed by atoms with Crippen molar-refractivity contribution in [2.24, 2.45) is 13.0 Å². The molecule has 0 unspecified atom stereocenters. The second-order valence-electron chi connectivity index (χ2n) is 10.3. The number of imidazole rings is 1. The lowest BCUT2D eigenvalue weighted by molar-refractivity contribution is -0.192. The summed E-state index contributed by atoms with van der Waals surface area (Å²) in [5, 5.41) is 10.9. The molecule has 41 heavy (non-hydrogen) atoms. The molecule has 2 atom stereocenters. The van der Waals surface area contributed by atoms with Crippen LogP contribution >= 0.6 is 0 Å². The summed E-state index contributed by atoms with van der Waals surface area (Å²) in [6.07, 6.45) is 2.73. The quantitative estimate of drug-likeness (QED) is 0.324. The highest BCUT2D eigenvalue weighted by Gasteiger charge is 2.38. The standard InChI is InChI=1S/C26H32N4O3S.C2HF3O2/c1-30-16-26(28-18-30)34(31,32)29-15-21-9-10-25-23(14-21)22(13-20-5-3-2-4-6-20)24(17-33-25)27-12-11-19-7-8-19;3-2(4,5)1(6)7/h2-6,9-10,14,16,18-19,22,24,27,29H,7-8,11-13,15,17H2,1H3;(H,6,7)/t22-,24+;/m0./s1. The molecule has 222 valence electrons. The van der Waals surface area contributed by atoms with Gasteiger partial charge in [-0.2, -0.15) is 13.2 Å². The highest BCUT2D eigenvalue weighted by molar-refractivity contribution is 7.89. The van der Waals surface area contributed by atoms with E-state index in [1.165, 1.54) is 37.4 Å². The lowest BCUT2D eigenvalue weighted by Gasteiger charge is -2.35. The number of hydrogen-bond acceptors (Lipinski definition) is 6. The third-order valence-corrected chi connectivity index (χ3v) is 8.28. The molecule has 5 rings (SSSR count). The number of ether oxygens (including phenoxy) is 1. The maximum atomic E-state index is 12.6. The van der Waals surface area contributed by atoms with Crippen LogP contribution in [0.25, 0.3) is 0 Å². The zero-order valence-electron chi connectivity index (χ0n) is 22.5. The number of benzene rings is 2. The van der Waals surface area contributed by atoms with Crippen LogP contribution < -0.4 is 14.8 Å². The van der Waals surface area contributed by atoms with Gasteiger partial charge in [-0.15, -0.1) is 0 Å². The van der Waals surface area contributed by atoms with Gasteiger partial charge in [-0.1, -0.05) is 55.3 Å². The summed E-state index contributed by atoms with van der Waals surface area (Å²) in [7, 11) is -1.92. The molecule has 2 aromatic carbocycles. The Morgan fingerprint density at radius 1 is 1.15 bits per heavy atom. The van der Waals surface area contributed by atoms with Crippen LogP contribution in [0.5, 0.6) is 5.75 Å². The number of carboxylic acid groups (broad SMARTS) is 1. The van der Waals surface area contributed by atoms with Gasteiger partial charge in [0.1, 0.15) is 12.4 Å². The highest BCUT2D eigenvalue weighted by Crippen LogP contribution is 2.37. The minimum absolute atomic E-state index is 0.0261. The maximum Gasteiger partial charge on any atom is 0.490 e. The number of nitrogens with zero attached hydrogens (tertiary/aromatic N) is 2. The molecular formula is C28H33F3N4O5S. The number of rotatable bonds is 10. The van der Waals surface area contributed by atoms with Crippen molar-refractivity contribution in [3.05, 3.63) is 77.7 Å². The third kappa shape index (κ3) is 8.78. The minimum atomic E-state index is -5.08. The van der Waals surface area contributed by atoms with Crippen molar-refractivity contribution >= 4 is 16.0 Å². The van der Waals surface area contributed by atoms with E-state index >= 15 is 0 Å². The molecule has 9 nitrogen and oxygen atoms in total. The SMILES string of the molecule is Cn1cnc(S(=O)(=O)NCc2ccc3c(c2)[C@H](Cc2ccccc2)[C@H](NCCC2CC2)CO3)c1.O=C(O)C(F)(F)F. The van der Waals surface area contributed by atoms with E-state index in [1.807, 2.05) is 18.2 Å². The molecule has 1 aliphatic heterocycles. The molecule has 2 heterocycles. The van der Waals surface area contributed by atoms with Crippen LogP contribution in [0.2, 0.25) is 0 Å². The average Bonchev–Trinajstić information content (AvgIpc) is 3.65. The van der Waals surface area contributed by atoms with Crippen molar-refractivity contribution in [2.75, 3.05) is 13.2 Å². The first kappa shape index (κ1) is 30.5. The Balaban J connectivity index is 0.000000493. The lowest BCUT2D eigenvalue weighted by Crippen LogP contribution is -2.44. The number of sulfonamides is 1. The number of aliphatic carboxylic acids is 1. The zero-order valence-corrected chi connectivity index (χ0v) is 23.3. The fourth-order valence-corrected chi connectivity index (χ4v) is 5.62. The molecule has 1 aliphatic carbocycles. The van der Waals surface area contributed by atoms with Crippen LogP contribution in [0.3, 0.4) is 0 Å². The molecule has 1 saturated carbocycles. The fraction of sp³-hybridized carbons (Fsp3) is 0.429. The van der Waals surface area contributed by atoms with E-state index in [0.29, 0.717) is 6.61 Å². The van der Waals surface area contributed by atoms with Gasteiger partial charge in [0.2, 0.25) is 0 Å². The Kier molecular flexibility index (Phi) is 9.72. The fourth-order valence-electron chi connectivity index (χ4n) is 4.62. The molecule has 3 N–H and O–H groups in total. The molecular weight excluding hydrogens is 561 g/mol. The number of hydrogen-bond donors (Lipinski definition) is 3. The van der Waals surface area contributed by atoms with Crippen LogP contribution in [0.1, 0.15) is 41.9 Å². The Morgan fingerprint density at radius 2 is 1.85 bits per heavy atom. The van der Waals surface area contributed by atoms with Gasteiger partial charge in [0.15, 0.2) is 5.03 Å². The van der Waals surface area contributed by atoms with E-state index in [9.17, 15) is 21.6 Å². The summed E-state index contributed by atoms with van der Waals surface area (Å²) in [5.74, 6) is -0.738. The number of aryl methyl sites for hydroxylation is 1. The number of carboxylic acids is 1. The van der Waals surface area contributed by atoms with Gasteiger partial charge >= 0.3 is 12.1 Å². The van der Waals surface area contributed by atoms with Gasteiger partial charge in [0.25, 0.3) is 10.0 Å². The molecule has 0 amide bonds. The molecule has 0 bridgehead atoms. The van der Waals surface area contributed by atoms with Gasteiger partial charge in [0, 0.05) is 31.7 Å². The number of aromatic nitrogens is 2. The van der Waals surface area contributed by atoms with Gasteiger partial charge in [0.05, 0.1) is 6.33 Å². The van der Waals surface area contributed by atoms with E-state index in [2.05, 4.69) is 45.4 Å². The number of alkyl halides is 3. The normalized spacial score (nSPS) is 18.5. The van der Waals surface area contributed by atoms with Crippen LogP contribution in [0.4, 0.5) is 13.2 Å². The summed E-state index contributed by atoms with van der Waals surface area (Å²) in [6, 6.07) is 16.7. The lowest BCUT2D eigenvalue weighted by atomic mass is 9.83. The van der Waals surface area contributed by atoms with E-state index in [4.69, 9.17) is 14.6 Å². The first-order chi connectivity index (χ1) is 19.4. The topological polar surface area (TPSA) is 123 Å². The smallest absolute Gasteiger partial charge is 0.490 e. The molecule has 1 aromatic heterocycles. The monoisotopic (exact) mass is 594 g/mol. The van der Waals surface area contributed by atoms with E-state index in [-0.39, 0.29) is 23.5 Å². The Hall–Kier alpha value is -3.42. The molecule has 3 aromatic rings. The van der Waals surface area contributed by atoms with Gasteiger partial charge in [-0.25, -0.2) is 22.9 Å². The van der Waals surface area contributed by atoms with Crippen molar-refractivity contribution in [3.63, 3.8) is 0 Å². The van der Waals surface area contributed by atoms with E-state index in [0.717, 1.165) is 35.8 Å². The second-order valence-corrected chi connectivity index (χ2v) is 12.0. The van der Waals surface area contributed by atoms with Gasteiger partial charge in [-0.05, 0) is 48.1 Å². The van der Waals surface area contributed by atoms with Crippen molar-refractivity contribution in [1.29, 1.82) is 0 Å². The first-order valence-electron chi connectivity index (χ1n) is 13.2. The number of carbonyl (C=O) groups is 1. The van der Waals surface area contributed by atoms with Crippen molar-refractivity contribution < 1.29 is 36.2 Å². The largest absolute Gasteiger partial charge is 0.492 e. The molecule has 0 spiro atoms. The van der Waals surface area contributed by atoms with Crippen LogP contribution in [0.15, 0.2) is 66.1 Å². The number of fused-ring (bicyclic) bond motifs is 1. The summed E-state index contributed by atoms with van der Waals surface area (Å²) < 4.78 is 67.4. The Labute approximate surface area is 236 Å². The van der Waals surface area contributed by atoms with Crippen LogP contribution in [-0.2, 0) is 34.8 Å².